The predicted octanol–water partition coefficient (Wildman–Crippen LogP) is -0.785. The van der Waals surface area contributed by atoms with E-state index >= 15 is 0 Å². The number of rotatable bonds is 5. The second kappa shape index (κ2) is 8.67. The Morgan fingerprint density at radius 3 is 2.64 bits per heavy atom. The molecule has 0 aliphatic carbocycles. The maximum absolute atomic E-state index is 12.0. The highest BCUT2D eigenvalue weighted by Gasteiger charge is 2.13. The number of thiocarbonyl (C=S) groups is 1. The number of benzene rings is 1. The SMILES string of the molecule is COc1ccc(C(=O)NC(=S)NCC[NH+]2CCOCC2)cc1. The zero-order valence-electron chi connectivity index (χ0n) is 12.7. The summed E-state index contributed by atoms with van der Waals surface area (Å²) < 4.78 is 10.4. The lowest BCUT2D eigenvalue weighted by Crippen LogP contribution is -3.14. The van der Waals surface area contributed by atoms with Gasteiger partial charge in [0.2, 0.25) is 0 Å². The van der Waals surface area contributed by atoms with Gasteiger partial charge in [0.25, 0.3) is 5.91 Å². The van der Waals surface area contributed by atoms with Crippen molar-refractivity contribution in [2.24, 2.45) is 0 Å². The average Bonchev–Trinajstić information content (AvgIpc) is 2.56. The van der Waals surface area contributed by atoms with Crippen molar-refractivity contribution >= 4 is 23.2 Å². The molecule has 0 radical (unpaired) electrons. The summed E-state index contributed by atoms with van der Waals surface area (Å²) in [6.07, 6.45) is 0. The van der Waals surface area contributed by atoms with Crippen LogP contribution in [0.2, 0.25) is 0 Å². The molecule has 6 nitrogen and oxygen atoms in total. The van der Waals surface area contributed by atoms with E-state index in [4.69, 9.17) is 21.7 Å². The Bertz CT molecular complexity index is 501. The minimum Gasteiger partial charge on any atom is -0.497 e. The lowest BCUT2D eigenvalue weighted by Gasteiger charge is -2.23. The molecule has 0 aromatic heterocycles. The van der Waals surface area contributed by atoms with Crippen LogP contribution >= 0.6 is 12.2 Å². The largest absolute Gasteiger partial charge is 0.497 e. The van der Waals surface area contributed by atoms with Crippen LogP contribution in [0.4, 0.5) is 0 Å². The number of hydrogen-bond acceptors (Lipinski definition) is 4. The topological polar surface area (TPSA) is 64.0 Å². The summed E-state index contributed by atoms with van der Waals surface area (Å²) in [6.45, 7) is 5.36. The number of carbonyl (C=O) groups excluding carboxylic acids is 1. The normalized spacial score (nSPS) is 15.1. The molecule has 1 heterocycles. The van der Waals surface area contributed by atoms with Crippen molar-refractivity contribution in [1.29, 1.82) is 0 Å². The van der Waals surface area contributed by atoms with Gasteiger partial charge in [0.15, 0.2) is 5.11 Å². The molecule has 1 saturated heterocycles. The number of morpholine rings is 1. The zero-order valence-corrected chi connectivity index (χ0v) is 13.5. The van der Waals surface area contributed by atoms with E-state index in [2.05, 4.69) is 10.6 Å². The minimum absolute atomic E-state index is 0.223. The maximum atomic E-state index is 12.0. The second-order valence-corrected chi connectivity index (χ2v) is 5.46. The fourth-order valence-corrected chi connectivity index (χ4v) is 2.42. The smallest absolute Gasteiger partial charge is 0.257 e. The standard InChI is InChI=1S/C15H21N3O3S/c1-20-13-4-2-12(3-5-13)14(19)17-15(22)16-6-7-18-8-10-21-11-9-18/h2-5H,6-11H2,1H3,(H2,16,17,19,22)/p+1. The van der Waals surface area contributed by atoms with Gasteiger partial charge in [-0.05, 0) is 36.5 Å². The molecule has 1 aliphatic rings. The number of hydrogen-bond donors (Lipinski definition) is 3. The van der Waals surface area contributed by atoms with Crippen LogP contribution in [0, 0.1) is 0 Å². The van der Waals surface area contributed by atoms with Crippen LogP contribution in [0.25, 0.3) is 0 Å². The predicted molar refractivity (Wildman–Crippen MR) is 87.4 cm³/mol. The Hall–Kier alpha value is -1.70. The number of carbonyl (C=O) groups is 1. The van der Waals surface area contributed by atoms with Crippen molar-refractivity contribution in [3.63, 3.8) is 0 Å². The third kappa shape index (κ3) is 5.25. The third-order valence-corrected chi connectivity index (χ3v) is 3.79. The summed E-state index contributed by atoms with van der Waals surface area (Å²) in [6, 6.07) is 6.89. The van der Waals surface area contributed by atoms with E-state index in [0.29, 0.717) is 16.4 Å². The van der Waals surface area contributed by atoms with Crippen molar-refractivity contribution in [2.75, 3.05) is 46.5 Å². The van der Waals surface area contributed by atoms with Crippen molar-refractivity contribution in [1.82, 2.24) is 10.6 Å². The summed E-state index contributed by atoms with van der Waals surface area (Å²) >= 11 is 5.14. The lowest BCUT2D eigenvalue weighted by molar-refractivity contribution is -0.906. The van der Waals surface area contributed by atoms with Crippen LogP contribution in [0.15, 0.2) is 24.3 Å². The van der Waals surface area contributed by atoms with E-state index in [9.17, 15) is 4.79 Å². The Labute approximate surface area is 135 Å². The fraction of sp³-hybridized carbons (Fsp3) is 0.467. The van der Waals surface area contributed by atoms with Crippen molar-refractivity contribution in [2.45, 2.75) is 0 Å². The first kappa shape index (κ1) is 16.7. The maximum Gasteiger partial charge on any atom is 0.257 e. The van der Waals surface area contributed by atoms with Crippen molar-refractivity contribution in [3.05, 3.63) is 29.8 Å². The molecule has 0 saturated carbocycles. The van der Waals surface area contributed by atoms with E-state index in [1.54, 1.807) is 31.4 Å². The average molecular weight is 324 g/mol. The summed E-state index contributed by atoms with van der Waals surface area (Å²) in [4.78, 5) is 13.5. The molecule has 22 heavy (non-hydrogen) atoms. The monoisotopic (exact) mass is 324 g/mol. The molecule has 0 unspecified atom stereocenters. The van der Waals surface area contributed by atoms with Crippen LogP contribution in [0.5, 0.6) is 5.75 Å². The van der Waals surface area contributed by atoms with Crippen molar-refractivity contribution < 1.29 is 19.2 Å². The molecular weight excluding hydrogens is 302 g/mol. The summed E-state index contributed by atoms with van der Waals surface area (Å²) in [5, 5.41) is 6.10. The number of nitrogens with one attached hydrogen (secondary N) is 3. The summed E-state index contributed by atoms with van der Waals surface area (Å²) in [7, 11) is 1.59. The third-order valence-electron chi connectivity index (χ3n) is 3.54. The molecule has 1 fully saturated rings. The van der Waals surface area contributed by atoms with E-state index in [0.717, 1.165) is 39.4 Å². The van der Waals surface area contributed by atoms with Gasteiger partial charge < -0.3 is 19.7 Å². The summed E-state index contributed by atoms with van der Waals surface area (Å²) in [5.74, 6) is 0.490. The first-order chi connectivity index (χ1) is 10.7. The first-order valence-corrected chi connectivity index (χ1v) is 7.74. The van der Waals surface area contributed by atoms with Crippen LogP contribution in [0.3, 0.4) is 0 Å². The van der Waals surface area contributed by atoms with E-state index < -0.39 is 0 Å². The Morgan fingerprint density at radius 2 is 2.00 bits per heavy atom. The van der Waals surface area contributed by atoms with Gasteiger partial charge in [-0.3, -0.25) is 10.1 Å². The Kier molecular flexibility index (Phi) is 6.57. The molecule has 1 aromatic carbocycles. The van der Waals surface area contributed by atoms with Gasteiger partial charge in [0, 0.05) is 5.56 Å². The number of methoxy groups -OCH3 is 1. The van der Waals surface area contributed by atoms with E-state index in [-0.39, 0.29) is 5.91 Å². The molecule has 0 bridgehead atoms. The van der Waals surface area contributed by atoms with Crippen LogP contribution in [-0.2, 0) is 4.74 Å². The number of quaternary nitrogens is 1. The van der Waals surface area contributed by atoms with Gasteiger partial charge in [-0.2, -0.15) is 0 Å². The molecule has 3 N–H and O–H groups in total. The molecule has 0 spiro atoms. The van der Waals surface area contributed by atoms with Gasteiger partial charge in [-0.1, -0.05) is 0 Å². The number of ether oxygens (including phenoxy) is 2. The molecule has 0 atom stereocenters. The molecule has 1 amide bonds. The van der Waals surface area contributed by atoms with Gasteiger partial charge in [0.05, 0.1) is 33.4 Å². The highest BCUT2D eigenvalue weighted by Crippen LogP contribution is 2.10. The van der Waals surface area contributed by atoms with Crippen molar-refractivity contribution in [3.8, 4) is 5.75 Å². The van der Waals surface area contributed by atoms with Gasteiger partial charge in [-0.15, -0.1) is 0 Å². The zero-order chi connectivity index (χ0) is 15.8. The van der Waals surface area contributed by atoms with E-state index in [1.807, 2.05) is 0 Å². The lowest BCUT2D eigenvalue weighted by atomic mass is 10.2. The molecule has 7 heteroatoms. The molecule has 2 rings (SSSR count). The Morgan fingerprint density at radius 1 is 1.32 bits per heavy atom. The Balaban J connectivity index is 1.70. The molecule has 1 aliphatic heterocycles. The quantitative estimate of drug-likeness (QED) is 0.620. The minimum atomic E-state index is -0.223. The molecular formula is C15H22N3O3S+. The van der Waals surface area contributed by atoms with Gasteiger partial charge >= 0.3 is 0 Å². The molecule has 1 aromatic rings. The summed E-state index contributed by atoms with van der Waals surface area (Å²) in [5.41, 5.74) is 0.545. The highest BCUT2D eigenvalue weighted by atomic mass is 32.1. The van der Waals surface area contributed by atoms with Gasteiger partial charge in [0.1, 0.15) is 18.8 Å². The van der Waals surface area contributed by atoms with Gasteiger partial charge in [-0.25, -0.2) is 0 Å². The van der Waals surface area contributed by atoms with E-state index in [1.165, 1.54) is 4.90 Å². The highest BCUT2D eigenvalue weighted by molar-refractivity contribution is 7.80. The van der Waals surface area contributed by atoms with Crippen LogP contribution < -0.4 is 20.3 Å². The van der Waals surface area contributed by atoms with Crippen LogP contribution in [0.1, 0.15) is 10.4 Å². The second-order valence-electron chi connectivity index (χ2n) is 5.05. The number of amides is 1. The fourth-order valence-electron chi connectivity index (χ4n) is 2.22. The first-order valence-electron chi connectivity index (χ1n) is 7.33. The molecule has 120 valence electrons. The van der Waals surface area contributed by atoms with Crippen LogP contribution in [-0.4, -0.2) is 57.5 Å².